The molecule has 0 aliphatic heterocycles. The average Bonchev–Trinajstić information content (AvgIpc) is 3.37. The van der Waals surface area contributed by atoms with Crippen molar-refractivity contribution in [3.05, 3.63) is 64.2 Å². The molecule has 33 heavy (non-hydrogen) atoms. The molecule has 0 unspecified atom stereocenters. The number of fused-ring (bicyclic) bond motifs is 2. The molecule has 1 N–H and O–H groups in total. The van der Waals surface area contributed by atoms with Gasteiger partial charge in [0, 0.05) is 0 Å². The van der Waals surface area contributed by atoms with E-state index in [0.29, 0.717) is 19.4 Å². The van der Waals surface area contributed by atoms with E-state index in [1.165, 1.54) is 5.56 Å². The molecule has 0 saturated carbocycles. The fraction of sp³-hybridized carbons (Fsp3) is 0.444. The summed E-state index contributed by atoms with van der Waals surface area (Å²) >= 11 is 1.59. The molecule has 1 aromatic heterocycles. The second-order valence-electron chi connectivity index (χ2n) is 9.61. The second kappa shape index (κ2) is 9.26. The van der Waals surface area contributed by atoms with Gasteiger partial charge in [-0.1, -0.05) is 44.2 Å². The Bertz CT molecular complexity index is 1160. The minimum atomic E-state index is -0.837. The van der Waals surface area contributed by atoms with Crippen LogP contribution in [0.5, 0.6) is 0 Å². The fourth-order valence-corrected chi connectivity index (χ4v) is 5.30. The maximum atomic E-state index is 13.6. The number of aryl methyl sites for hydroxylation is 1. The SMILES string of the molecule is CCc1ccc2sc(CNC(=O)C3(CC(=O)OC(C)(C)CC)Cc4ccccc4C3)nc2c1. The van der Waals surface area contributed by atoms with Crippen molar-refractivity contribution in [2.45, 2.75) is 71.9 Å². The zero-order valence-electron chi connectivity index (χ0n) is 19.9. The summed E-state index contributed by atoms with van der Waals surface area (Å²) in [7, 11) is 0. The molecule has 0 saturated heterocycles. The third-order valence-electron chi connectivity index (χ3n) is 6.69. The Labute approximate surface area is 199 Å². The van der Waals surface area contributed by atoms with Gasteiger partial charge in [0.2, 0.25) is 5.91 Å². The Morgan fingerprint density at radius 1 is 1.12 bits per heavy atom. The molecule has 0 fully saturated rings. The van der Waals surface area contributed by atoms with E-state index in [-0.39, 0.29) is 18.3 Å². The highest BCUT2D eigenvalue weighted by atomic mass is 32.1. The van der Waals surface area contributed by atoms with Crippen LogP contribution in [-0.2, 0) is 40.1 Å². The lowest BCUT2D eigenvalue weighted by molar-refractivity contribution is -0.161. The van der Waals surface area contributed by atoms with Crippen LogP contribution in [0.3, 0.4) is 0 Å². The molecular weight excluding hydrogens is 432 g/mol. The van der Waals surface area contributed by atoms with Crippen molar-refractivity contribution in [1.29, 1.82) is 0 Å². The van der Waals surface area contributed by atoms with Gasteiger partial charge in [0.25, 0.3) is 0 Å². The monoisotopic (exact) mass is 464 g/mol. The minimum absolute atomic E-state index is 0.0661. The van der Waals surface area contributed by atoms with Crippen LogP contribution in [0.2, 0.25) is 0 Å². The van der Waals surface area contributed by atoms with Gasteiger partial charge in [-0.2, -0.15) is 0 Å². The summed E-state index contributed by atoms with van der Waals surface area (Å²) in [5.41, 5.74) is 3.09. The maximum absolute atomic E-state index is 13.6. The molecule has 6 heteroatoms. The van der Waals surface area contributed by atoms with E-state index in [9.17, 15) is 9.59 Å². The van der Waals surface area contributed by atoms with Crippen molar-refractivity contribution in [3.63, 3.8) is 0 Å². The van der Waals surface area contributed by atoms with Gasteiger partial charge in [0.15, 0.2) is 0 Å². The normalized spacial score (nSPS) is 14.8. The van der Waals surface area contributed by atoms with Gasteiger partial charge in [-0.05, 0) is 68.4 Å². The number of nitrogens with zero attached hydrogens (tertiary/aromatic N) is 1. The zero-order valence-corrected chi connectivity index (χ0v) is 20.7. The molecule has 4 rings (SSSR count). The lowest BCUT2D eigenvalue weighted by Crippen LogP contribution is -2.44. The van der Waals surface area contributed by atoms with Gasteiger partial charge in [0.1, 0.15) is 10.6 Å². The van der Waals surface area contributed by atoms with Crippen LogP contribution >= 0.6 is 11.3 Å². The van der Waals surface area contributed by atoms with Crippen LogP contribution in [0.25, 0.3) is 10.2 Å². The Hall–Kier alpha value is -2.73. The zero-order chi connectivity index (χ0) is 23.6. The molecule has 3 aromatic rings. The number of nitrogens with one attached hydrogen (secondary N) is 1. The molecule has 0 bridgehead atoms. The van der Waals surface area contributed by atoms with E-state index in [0.717, 1.165) is 39.2 Å². The van der Waals surface area contributed by atoms with Crippen LogP contribution in [0.1, 0.15) is 62.2 Å². The quantitative estimate of drug-likeness (QED) is 0.454. The number of amides is 1. The van der Waals surface area contributed by atoms with Crippen molar-refractivity contribution in [3.8, 4) is 0 Å². The number of carbonyl (C=O) groups excluding carboxylic acids is 2. The van der Waals surface area contributed by atoms with Crippen molar-refractivity contribution in [1.82, 2.24) is 10.3 Å². The number of hydrogen-bond donors (Lipinski definition) is 1. The van der Waals surface area contributed by atoms with Gasteiger partial charge >= 0.3 is 5.97 Å². The Morgan fingerprint density at radius 2 is 1.82 bits per heavy atom. The van der Waals surface area contributed by atoms with Gasteiger partial charge < -0.3 is 10.1 Å². The summed E-state index contributed by atoms with van der Waals surface area (Å²) in [6.07, 6.45) is 2.83. The third-order valence-corrected chi connectivity index (χ3v) is 7.72. The van der Waals surface area contributed by atoms with Crippen LogP contribution < -0.4 is 5.32 Å². The smallest absolute Gasteiger partial charge is 0.307 e. The number of carbonyl (C=O) groups is 2. The molecule has 0 atom stereocenters. The molecule has 2 aromatic carbocycles. The molecule has 0 radical (unpaired) electrons. The first kappa shape index (κ1) is 23.4. The first-order chi connectivity index (χ1) is 15.7. The largest absolute Gasteiger partial charge is 0.460 e. The number of thiazole rings is 1. The number of benzene rings is 2. The van der Waals surface area contributed by atoms with E-state index < -0.39 is 11.0 Å². The van der Waals surface area contributed by atoms with E-state index >= 15 is 0 Å². The molecule has 1 aliphatic carbocycles. The first-order valence-corrected chi connectivity index (χ1v) is 12.5. The van der Waals surface area contributed by atoms with Gasteiger partial charge in [-0.15, -0.1) is 11.3 Å². The average molecular weight is 465 g/mol. The number of rotatable bonds is 8. The lowest BCUT2D eigenvalue weighted by Gasteiger charge is -2.30. The molecule has 1 amide bonds. The highest BCUT2D eigenvalue weighted by Crippen LogP contribution is 2.41. The predicted molar refractivity (Wildman–Crippen MR) is 132 cm³/mol. The Kier molecular flexibility index (Phi) is 6.57. The molecule has 174 valence electrons. The van der Waals surface area contributed by atoms with E-state index in [4.69, 9.17) is 9.72 Å². The third kappa shape index (κ3) is 5.11. The summed E-state index contributed by atoms with van der Waals surface area (Å²) in [5.74, 6) is -0.435. The number of esters is 1. The summed E-state index contributed by atoms with van der Waals surface area (Å²) in [6.45, 7) is 8.27. The van der Waals surface area contributed by atoms with Gasteiger partial charge in [-0.25, -0.2) is 4.98 Å². The summed E-state index contributed by atoms with van der Waals surface area (Å²) < 4.78 is 6.83. The summed E-state index contributed by atoms with van der Waals surface area (Å²) in [5, 5.41) is 3.96. The van der Waals surface area contributed by atoms with Crippen LogP contribution in [0, 0.1) is 5.41 Å². The molecular formula is C27H32N2O3S. The number of hydrogen-bond acceptors (Lipinski definition) is 5. The minimum Gasteiger partial charge on any atom is -0.460 e. The molecule has 1 heterocycles. The number of ether oxygens (including phenoxy) is 1. The van der Waals surface area contributed by atoms with E-state index in [2.05, 4.69) is 30.4 Å². The first-order valence-electron chi connectivity index (χ1n) is 11.7. The van der Waals surface area contributed by atoms with E-state index in [1.54, 1.807) is 11.3 Å². The fourth-order valence-electron chi connectivity index (χ4n) is 4.41. The summed E-state index contributed by atoms with van der Waals surface area (Å²) in [6, 6.07) is 14.4. The van der Waals surface area contributed by atoms with Crippen molar-refractivity contribution in [2.24, 2.45) is 5.41 Å². The Morgan fingerprint density at radius 3 is 2.45 bits per heavy atom. The van der Waals surface area contributed by atoms with Crippen LogP contribution in [0.4, 0.5) is 0 Å². The van der Waals surface area contributed by atoms with Crippen LogP contribution in [-0.4, -0.2) is 22.5 Å². The summed E-state index contributed by atoms with van der Waals surface area (Å²) in [4.78, 5) is 31.1. The molecule has 0 spiro atoms. The van der Waals surface area contributed by atoms with Crippen molar-refractivity contribution >= 4 is 33.4 Å². The molecule has 1 aliphatic rings. The second-order valence-corrected chi connectivity index (χ2v) is 10.7. The van der Waals surface area contributed by atoms with Crippen molar-refractivity contribution in [2.75, 3.05) is 0 Å². The maximum Gasteiger partial charge on any atom is 0.307 e. The standard InChI is InChI=1S/C27H32N2O3S/c1-5-18-11-12-22-21(13-18)29-23(33-22)17-28-25(31)27(16-24(30)32-26(3,4)6-2)14-19-9-7-8-10-20(19)15-27/h7-13H,5-6,14-17H2,1-4H3,(H,28,31). The topological polar surface area (TPSA) is 68.3 Å². The van der Waals surface area contributed by atoms with Crippen molar-refractivity contribution < 1.29 is 14.3 Å². The van der Waals surface area contributed by atoms with Gasteiger partial charge in [0.05, 0.1) is 28.6 Å². The molecule has 5 nitrogen and oxygen atoms in total. The Balaban J connectivity index is 1.52. The predicted octanol–water partition coefficient (Wildman–Crippen LogP) is 5.38. The highest BCUT2D eigenvalue weighted by Gasteiger charge is 2.46. The van der Waals surface area contributed by atoms with Crippen LogP contribution in [0.15, 0.2) is 42.5 Å². The number of aromatic nitrogens is 1. The van der Waals surface area contributed by atoms with E-state index in [1.807, 2.05) is 45.0 Å². The highest BCUT2D eigenvalue weighted by molar-refractivity contribution is 7.18. The van der Waals surface area contributed by atoms with Gasteiger partial charge in [-0.3, -0.25) is 9.59 Å². The lowest BCUT2D eigenvalue weighted by atomic mass is 9.80.